The number of ether oxygens (including phenoxy) is 1. The molecule has 0 aliphatic rings. The summed E-state index contributed by atoms with van der Waals surface area (Å²) in [4.78, 5) is 29.2. The van der Waals surface area contributed by atoms with Gasteiger partial charge in [0.15, 0.2) is 5.69 Å². The number of anilines is 1. The predicted molar refractivity (Wildman–Crippen MR) is 84.0 cm³/mol. The average molecular weight is 335 g/mol. The van der Waals surface area contributed by atoms with Crippen molar-refractivity contribution in [2.24, 2.45) is 0 Å². The minimum atomic E-state index is -0.615. The monoisotopic (exact) mass is 335 g/mol. The molecule has 2 amide bonds. The van der Waals surface area contributed by atoms with Gasteiger partial charge in [0.2, 0.25) is 5.89 Å². The van der Waals surface area contributed by atoms with Gasteiger partial charge in [-0.1, -0.05) is 13.0 Å². The number of carbonyl (C=O) groups excluding carboxylic acids is 2. The molecule has 0 aliphatic heterocycles. The molecule has 7 nitrogen and oxygen atoms in total. The Morgan fingerprint density at radius 2 is 2.21 bits per heavy atom. The molecule has 0 fully saturated rings. The highest BCUT2D eigenvalue weighted by Gasteiger charge is 2.18. The summed E-state index contributed by atoms with van der Waals surface area (Å²) in [5, 5.41) is 2.61. The van der Waals surface area contributed by atoms with Crippen molar-refractivity contribution in [3.05, 3.63) is 47.9 Å². The van der Waals surface area contributed by atoms with Gasteiger partial charge in [0.1, 0.15) is 12.1 Å². The highest BCUT2D eigenvalue weighted by molar-refractivity contribution is 5.89. The lowest BCUT2D eigenvalue weighted by Crippen LogP contribution is -2.35. The number of urea groups is 1. The smallest absolute Gasteiger partial charge is 0.360 e. The van der Waals surface area contributed by atoms with E-state index in [2.05, 4.69) is 15.0 Å². The fourth-order valence-electron chi connectivity index (χ4n) is 2.04. The number of hydrogen-bond donors (Lipinski definition) is 1. The highest BCUT2D eigenvalue weighted by atomic mass is 19.1. The number of methoxy groups -OCH3 is 1. The number of hydrogen-bond acceptors (Lipinski definition) is 5. The van der Waals surface area contributed by atoms with E-state index in [0.29, 0.717) is 18.7 Å². The quantitative estimate of drug-likeness (QED) is 0.820. The summed E-state index contributed by atoms with van der Waals surface area (Å²) >= 11 is 0. The number of benzene rings is 1. The minimum absolute atomic E-state index is 0.0366. The predicted octanol–water partition coefficient (Wildman–Crippen LogP) is 3.04. The molecule has 2 rings (SSSR count). The van der Waals surface area contributed by atoms with Crippen LogP contribution >= 0.6 is 0 Å². The molecule has 2 aromatic rings. The number of amides is 2. The van der Waals surface area contributed by atoms with Crippen molar-refractivity contribution in [1.29, 1.82) is 0 Å². The van der Waals surface area contributed by atoms with Crippen LogP contribution in [0.5, 0.6) is 0 Å². The number of carbonyl (C=O) groups is 2. The summed E-state index contributed by atoms with van der Waals surface area (Å²) in [5.74, 6) is -0.847. The molecular formula is C16H18FN3O4. The zero-order chi connectivity index (χ0) is 17.5. The first kappa shape index (κ1) is 17.5. The normalized spacial score (nSPS) is 10.3. The second kappa shape index (κ2) is 8.09. The molecule has 1 N–H and O–H groups in total. The molecule has 1 aromatic heterocycles. The third kappa shape index (κ3) is 4.55. The molecule has 128 valence electrons. The van der Waals surface area contributed by atoms with E-state index in [-0.39, 0.29) is 18.1 Å². The fourth-order valence-corrected chi connectivity index (χ4v) is 2.04. The molecular weight excluding hydrogens is 317 g/mol. The summed E-state index contributed by atoms with van der Waals surface area (Å²) < 4.78 is 22.9. The number of rotatable bonds is 6. The number of aromatic nitrogens is 1. The molecule has 0 atom stereocenters. The number of oxazole rings is 1. The van der Waals surface area contributed by atoms with E-state index in [1.54, 1.807) is 6.07 Å². The highest BCUT2D eigenvalue weighted by Crippen LogP contribution is 2.12. The van der Waals surface area contributed by atoms with E-state index in [1.165, 1.54) is 36.5 Å². The molecule has 0 saturated carbocycles. The van der Waals surface area contributed by atoms with Crippen LogP contribution in [0.2, 0.25) is 0 Å². The van der Waals surface area contributed by atoms with E-state index < -0.39 is 17.8 Å². The molecule has 1 heterocycles. The van der Waals surface area contributed by atoms with Gasteiger partial charge < -0.3 is 19.4 Å². The summed E-state index contributed by atoms with van der Waals surface area (Å²) in [6.07, 6.45) is 1.89. The Kier molecular flexibility index (Phi) is 5.89. The second-order valence-electron chi connectivity index (χ2n) is 4.98. The summed E-state index contributed by atoms with van der Waals surface area (Å²) in [6.45, 7) is 2.43. The van der Waals surface area contributed by atoms with Crippen molar-refractivity contribution in [3.8, 4) is 0 Å². The molecule has 0 saturated heterocycles. The third-order valence-corrected chi connectivity index (χ3v) is 3.13. The zero-order valence-electron chi connectivity index (χ0n) is 13.4. The van der Waals surface area contributed by atoms with E-state index >= 15 is 0 Å². The summed E-state index contributed by atoms with van der Waals surface area (Å²) in [6, 6.07) is 5.20. The van der Waals surface area contributed by atoms with Crippen LogP contribution in [0.15, 0.2) is 34.9 Å². The Morgan fingerprint density at radius 3 is 2.88 bits per heavy atom. The van der Waals surface area contributed by atoms with Gasteiger partial charge in [-0.25, -0.2) is 19.0 Å². The maximum atomic E-state index is 13.2. The summed E-state index contributed by atoms with van der Waals surface area (Å²) in [7, 11) is 1.24. The minimum Gasteiger partial charge on any atom is -0.464 e. The molecule has 0 aliphatic carbocycles. The maximum Gasteiger partial charge on any atom is 0.360 e. The molecule has 0 unspecified atom stereocenters. The number of halogens is 1. The van der Waals surface area contributed by atoms with Crippen molar-refractivity contribution in [1.82, 2.24) is 9.88 Å². The standard InChI is InChI=1S/C16H18FN3O4/c1-3-7-20(9-14-19-13(10-24-14)15(21)23-2)16(22)18-12-6-4-5-11(17)8-12/h4-6,8,10H,3,7,9H2,1-2H3,(H,18,22). The SMILES string of the molecule is CCCN(Cc1nc(C(=O)OC)co1)C(=O)Nc1cccc(F)c1. The van der Waals surface area contributed by atoms with Gasteiger partial charge in [0.05, 0.1) is 13.7 Å². The fraction of sp³-hybridized carbons (Fsp3) is 0.312. The molecule has 24 heavy (non-hydrogen) atoms. The van der Waals surface area contributed by atoms with E-state index in [4.69, 9.17) is 4.42 Å². The van der Waals surface area contributed by atoms with Gasteiger partial charge in [0.25, 0.3) is 0 Å². The Balaban J connectivity index is 2.06. The largest absolute Gasteiger partial charge is 0.464 e. The topological polar surface area (TPSA) is 84.7 Å². The van der Waals surface area contributed by atoms with Crippen LogP contribution in [0.1, 0.15) is 29.7 Å². The van der Waals surface area contributed by atoms with E-state index in [0.717, 1.165) is 0 Å². The number of esters is 1. The number of nitrogens with one attached hydrogen (secondary N) is 1. The van der Waals surface area contributed by atoms with Gasteiger partial charge in [-0.05, 0) is 24.6 Å². The Labute approximate surface area is 138 Å². The molecule has 0 radical (unpaired) electrons. The molecule has 1 aromatic carbocycles. The molecule has 0 spiro atoms. The van der Waals surface area contributed by atoms with Crippen LogP contribution in [-0.4, -0.2) is 35.5 Å². The first-order valence-corrected chi connectivity index (χ1v) is 7.37. The van der Waals surface area contributed by atoms with Gasteiger partial charge in [-0.3, -0.25) is 0 Å². The summed E-state index contributed by atoms with van der Waals surface area (Å²) in [5.41, 5.74) is 0.387. The van der Waals surface area contributed by atoms with Crippen LogP contribution < -0.4 is 5.32 Å². The van der Waals surface area contributed by atoms with Gasteiger partial charge in [0, 0.05) is 12.2 Å². The van der Waals surface area contributed by atoms with Crippen LogP contribution in [0.4, 0.5) is 14.9 Å². The Hall–Kier alpha value is -2.90. The van der Waals surface area contributed by atoms with Gasteiger partial charge in [-0.15, -0.1) is 0 Å². The van der Waals surface area contributed by atoms with Crippen LogP contribution in [0.25, 0.3) is 0 Å². The molecule has 0 bridgehead atoms. The second-order valence-corrected chi connectivity index (χ2v) is 4.98. The van der Waals surface area contributed by atoms with Crippen molar-refractivity contribution in [2.45, 2.75) is 19.9 Å². The first-order chi connectivity index (χ1) is 11.5. The van der Waals surface area contributed by atoms with Gasteiger partial charge in [-0.2, -0.15) is 0 Å². The Morgan fingerprint density at radius 1 is 1.42 bits per heavy atom. The Bertz CT molecular complexity index is 717. The lowest BCUT2D eigenvalue weighted by molar-refractivity contribution is 0.0594. The maximum absolute atomic E-state index is 13.2. The molecule has 8 heteroatoms. The van der Waals surface area contributed by atoms with Crippen LogP contribution in [-0.2, 0) is 11.3 Å². The number of nitrogens with zero attached hydrogens (tertiary/aromatic N) is 2. The van der Waals surface area contributed by atoms with E-state index in [9.17, 15) is 14.0 Å². The average Bonchev–Trinajstić information content (AvgIpc) is 3.02. The van der Waals surface area contributed by atoms with E-state index in [1.807, 2.05) is 6.92 Å². The lowest BCUT2D eigenvalue weighted by Gasteiger charge is -2.21. The third-order valence-electron chi connectivity index (χ3n) is 3.13. The lowest BCUT2D eigenvalue weighted by atomic mass is 10.3. The van der Waals surface area contributed by atoms with Crippen molar-refractivity contribution >= 4 is 17.7 Å². The zero-order valence-corrected chi connectivity index (χ0v) is 13.4. The van der Waals surface area contributed by atoms with Gasteiger partial charge >= 0.3 is 12.0 Å². The first-order valence-electron chi connectivity index (χ1n) is 7.37. The van der Waals surface area contributed by atoms with Crippen LogP contribution in [0.3, 0.4) is 0 Å². The van der Waals surface area contributed by atoms with Crippen molar-refractivity contribution in [3.63, 3.8) is 0 Å². The van der Waals surface area contributed by atoms with Crippen molar-refractivity contribution < 1.29 is 23.1 Å². The van der Waals surface area contributed by atoms with Crippen LogP contribution in [0, 0.1) is 5.82 Å². The van der Waals surface area contributed by atoms with Crippen molar-refractivity contribution in [2.75, 3.05) is 19.0 Å².